The molecule has 7 nitrogen and oxygen atoms in total. The first-order chi connectivity index (χ1) is 14.0. The first-order valence-corrected chi connectivity index (χ1v) is 10.2. The fraction of sp³-hybridized carbons (Fsp3) is 0.286. The summed E-state index contributed by atoms with van der Waals surface area (Å²) in [4.78, 5) is 28.4. The molecule has 1 aliphatic heterocycles. The lowest BCUT2D eigenvalue weighted by atomic mass is 9.99. The number of hydrogen-bond acceptors (Lipinski definition) is 5. The topological polar surface area (TPSA) is 97.2 Å². The fourth-order valence-corrected chi connectivity index (χ4v) is 3.62. The highest BCUT2D eigenvalue weighted by molar-refractivity contribution is 9.10. The highest BCUT2D eigenvalue weighted by Crippen LogP contribution is 2.28. The molecule has 0 spiro atoms. The minimum Gasteiger partial charge on any atom is -0.376 e. The molecular weight excluding hydrogens is 438 g/mol. The van der Waals surface area contributed by atoms with Crippen LogP contribution < -0.4 is 5.32 Å². The SMILES string of the molecule is Cc1onc(-c2ccc(Br)cc2)c1C(=O)c1c[nH]c(C(=O)NC[C@@H]2CCCO2)c1. The maximum absolute atomic E-state index is 13.1. The van der Waals surface area contributed by atoms with Crippen LogP contribution in [0.3, 0.4) is 0 Å². The van der Waals surface area contributed by atoms with Crippen LogP contribution in [0.2, 0.25) is 0 Å². The minimum absolute atomic E-state index is 0.0585. The summed E-state index contributed by atoms with van der Waals surface area (Å²) in [6, 6.07) is 9.02. The Morgan fingerprint density at radius 1 is 1.31 bits per heavy atom. The molecule has 8 heteroatoms. The summed E-state index contributed by atoms with van der Waals surface area (Å²) in [5.74, 6) is -0.0932. The zero-order valence-electron chi connectivity index (χ0n) is 15.8. The Morgan fingerprint density at radius 3 is 2.83 bits per heavy atom. The van der Waals surface area contributed by atoms with E-state index in [1.165, 1.54) is 6.20 Å². The van der Waals surface area contributed by atoms with Crippen molar-refractivity contribution in [3.63, 3.8) is 0 Å². The summed E-state index contributed by atoms with van der Waals surface area (Å²) in [6.45, 7) is 2.89. The summed E-state index contributed by atoms with van der Waals surface area (Å²) < 4.78 is 11.7. The van der Waals surface area contributed by atoms with E-state index in [1.54, 1.807) is 13.0 Å². The molecule has 3 aromatic rings. The highest BCUT2D eigenvalue weighted by atomic mass is 79.9. The number of rotatable bonds is 6. The Hall–Kier alpha value is -2.71. The van der Waals surface area contributed by atoms with E-state index in [0.717, 1.165) is 29.5 Å². The van der Waals surface area contributed by atoms with E-state index in [4.69, 9.17) is 9.26 Å². The zero-order chi connectivity index (χ0) is 20.4. The number of carbonyl (C=O) groups is 2. The summed E-state index contributed by atoms with van der Waals surface area (Å²) in [5.41, 5.74) is 2.34. The molecule has 1 atom stereocenters. The van der Waals surface area contributed by atoms with Crippen LogP contribution in [0.4, 0.5) is 0 Å². The normalized spacial score (nSPS) is 16.1. The number of ether oxygens (including phenoxy) is 1. The summed E-state index contributed by atoms with van der Waals surface area (Å²) in [5, 5.41) is 6.90. The average molecular weight is 458 g/mol. The van der Waals surface area contributed by atoms with E-state index in [2.05, 4.69) is 31.4 Å². The van der Waals surface area contributed by atoms with Crippen LogP contribution in [0.25, 0.3) is 11.3 Å². The summed E-state index contributed by atoms with van der Waals surface area (Å²) in [7, 11) is 0. The lowest BCUT2D eigenvalue weighted by Gasteiger charge is -2.09. The monoisotopic (exact) mass is 457 g/mol. The Kier molecular flexibility index (Phi) is 5.64. The van der Waals surface area contributed by atoms with Gasteiger partial charge in [-0.2, -0.15) is 0 Å². The summed E-state index contributed by atoms with van der Waals surface area (Å²) >= 11 is 3.40. The van der Waals surface area contributed by atoms with Gasteiger partial charge in [-0.05, 0) is 38.0 Å². The third-order valence-electron chi connectivity index (χ3n) is 4.91. The minimum atomic E-state index is -0.269. The molecule has 0 unspecified atom stereocenters. The molecule has 1 saturated heterocycles. The van der Waals surface area contributed by atoms with E-state index in [1.807, 2.05) is 24.3 Å². The number of aromatic nitrogens is 2. The number of ketones is 1. The van der Waals surface area contributed by atoms with Crippen molar-refractivity contribution in [2.24, 2.45) is 0 Å². The highest BCUT2D eigenvalue weighted by Gasteiger charge is 2.24. The number of aryl methyl sites for hydroxylation is 1. The van der Waals surface area contributed by atoms with Gasteiger partial charge < -0.3 is 19.6 Å². The molecular formula is C21H20BrN3O4. The third-order valence-corrected chi connectivity index (χ3v) is 5.44. The Balaban J connectivity index is 1.53. The second-order valence-corrected chi connectivity index (χ2v) is 7.86. The van der Waals surface area contributed by atoms with Crippen molar-refractivity contribution in [2.75, 3.05) is 13.2 Å². The molecule has 0 aliphatic carbocycles. The van der Waals surface area contributed by atoms with Crippen molar-refractivity contribution in [1.29, 1.82) is 0 Å². The number of carbonyl (C=O) groups excluding carboxylic acids is 2. The standard InChI is InChI=1S/C21H20BrN3O4/c1-12-18(19(25-29-12)13-4-6-15(22)7-5-13)20(26)14-9-17(23-10-14)21(27)24-11-16-3-2-8-28-16/h4-7,9-10,16,23H,2-3,8,11H2,1H3,(H,24,27)/t16-/m0/s1. The van der Waals surface area contributed by atoms with Gasteiger partial charge >= 0.3 is 0 Å². The second kappa shape index (κ2) is 8.34. The van der Waals surface area contributed by atoms with Crippen LogP contribution in [0.15, 0.2) is 45.5 Å². The smallest absolute Gasteiger partial charge is 0.267 e. The number of amides is 1. The molecule has 0 saturated carbocycles. The van der Waals surface area contributed by atoms with Crippen molar-refractivity contribution in [3.05, 3.63) is 63.6 Å². The van der Waals surface area contributed by atoms with Crippen LogP contribution in [0, 0.1) is 6.92 Å². The number of aromatic amines is 1. The Bertz CT molecular complexity index is 1030. The number of benzene rings is 1. The van der Waals surface area contributed by atoms with E-state index < -0.39 is 0 Å². The lowest BCUT2D eigenvalue weighted by Crippen LogP contribution is -2.31. The third kappa shape index (κ3) is 4.18. The number of nitrogens with zero attached hydrogens (tertiary/aromatic N) is 1. The van der Waals surface area contributed by atoms with E-state index in [0.29, 0.717) is 34.8 Å². The quantitative estimate of drug-likeness (QED) is 0.547. The van der Waals surface area contributed by atoms with Gasteiger partial charge in [-0.25, -0.2) is 0 Å². The summed E-state index contributed by atoms with van der Waals surface area (Å²) in [6.07, 6.45) is 3.55. The van der Waals surface area contributed by atoms with Gasteiger partial charge in [-0.1, -0.05) is 33.2 Å². The number of hydrogen-bond donors (Lipinski definition) is 2. The molecule has 1 fully saturated rings. The molecule has 3 heterocycles. The predicted octanol–water partition coefficient (Wildman–Crippen LogP) is 3.88. The molecule has 2 aromatic heterocycles. The van der Waals surface area contributed by atoms with E-state index >= 15 is 0 Å². The average Bonchev–Trinajstić information content (AvgIpc) is 3.47. The zero-order valence-corrected chi connectivity index (χ0v) is 17.4. The van der Waals surface area contributed by atoms with Gasteiger partial charge in [0.2, 0.25) is 0 Å². The molecule has 1 aromatic carbocycles. The maximum atomic E-state index is 13.1. The van der Waals surface area contributed by atoms with Crippen molar-refractivity contribution in [2.45, 2.75) is 25.9 Å². The first-order valence-electron chi connectivity index (χ1n) is 9.38. The maximum Gasteiger partial charge on any atom is 0.267 e. The largest absolute Gasteiger partial charge is 0.376 e. The molecule has 1 aliphatic rings. The van der Waals surface area contributed by atoms with Crippen LogP contribution in [-0.2, 0) is 4.74 Å². The van der Waals surface area contributed by atoms with Gasteiger partial charge in [0, 0.05) is 34.9 Å². The number of H-pyrrole nitrogens is 1. The van der Waals surface area contributed by atoms with Gasteiger partial charge in [-0.15, -0.1) is 0 Å². The van der Waals surface area contributed by atoms with Gasteiger partial charge in [-0.3, -0.25) is 9.59 Å². The van der Waals surface area contributed by atoms with E-state index in [9.17, 15) is 9.59 Å². The molecule has 150 valence electrons. The number of halogens is 1. The van der Waals surface area contributed by atoms with Gasteiger partial charge in [0.15, 0.2) is 5.78 Å². The van der Waals surface area contributed by atoms with Gasteiger partial charge in [0.05, 0.1) is 11.7 Å². The molecule has 4 rings (SSSR count). The molecule has 0 bridgehead atoms. The van der Waals surface area contributed by atoms with Crippen LogP contribution in [-0.4, -0.2) is 41.1 Å². The Morgan fingerprint density at radius 2 is 2.10 bits per heavy atom. The Labute approximate surface area is 175 Å². The van der Waals surface area contributed by atoms with Crippen LogP contribution in [0.5, 0.6) is 0 Å². The van der Waals surface area contributed by atoms with Crippen LogP contribution >= 0.6 is 15.9 Å². The van der Waals surface area contributed by atoms with Crippen LogP contribution in [0.1, 0.15) is 45.0 Å². The van der Waals surface area contributed by atoms with Crippen molar-refractivity contribution >= 4 is 27.6 Å². The van der Waals surface area contributed by atoms with Crippen molar-refractivity contribution in [3.8, 4) is 11.3 Å². The lowest BCUT2D eigenvalue weighted by molar-refractivity contribution is 0.0854. The van der Waals surface area contributed by atoms with Crippen molar-refractivity contribution < 1.29 is 18.8 Å². The fourth-order valence-electron chi connectivity index (χ4n) is 3.35. The molecule has 29 heavy (non-hydrogen) atoms. The first kappa shape index (κ1) is 19.6. The molecule has 1 amide bonds. The van der Waals surface area contributed by atoms with E-state index in [-0.39, 0.29) is 17.8 Å². The molecule has 2 N–H and O–H groups in total. The van der Waals surface area contributed by atoms with Gasteiger partial charge in [0.25, 0.3) is 5.91 Å². The molecule has 0 radical (unpaired) electrons. The predicted molar refractivity (Wildman–Crippen MR) is 110 cm³/mol. The van der Waals surface area contributed by atoms with Gasteiger partial charge in [0.1, 0.15) is 17.1 Å². The second-order valence-electron chi connectivity index (χ2n) is 6.95. The van der Waals surface area contributed by atoms with Crippen molar-refractivity contribution in [1.82, 2.24) is 15.5 Å². The number of nitrogens with one attached hydrogen (secondary N) is 2.